The molecule has 1 fully saturated rings. The molecule has 3 heterocycles. The SMILES string of the molecule is CC(C)c1cc(C2CCCN2Cc2ccc(Br)s2)no1. The summed E-state index contributed by atoms with van der Waals surface area (Å²) in [5.74, 6) is 1.39. The number of aromatic nitrogens is 1. The van der Waals surface area contributed by atoms with E-state index < -0.39 is 0 Å². The van der Waals surface area contributed by atoms with Crippen molar-refractivity contribution in [2.45, 2.75) is 45.2 Å². The van der Waals surface area contributed by atoms with Crippen molar-refractivity contribution in [3.63, 3.8) is 0 Å². The molecule has 0 N–H and O–H groups in total. The molecule has 0 spiro atoms. The summed E-state index contributed by atoms with van der Waals surface area (Å²) in [4.78, 5) is 3.91. The Morgan fingerprint density at radius 1 is 1.50 bits per heavy atom. The normalized spacial score (nSPS) is 20.1. The van der Waals surface area contributed by atoms with Gasteiger partial charge in [0.15, 0.2) is 0 Å². The van der Waals surface area contributed by atoms with Gasteiger partial charge in [0.1, 0.15) is 11.5 Å². The van der Waals surface area contributed by atoms with Gasteiger partial charge in [-0.15, -0.1) is 11.3 Å². The molecule has 1 aliphatic rings. The number of likely N-dealkylation sites (tertiary alicyclic amines) is 1. The van der Waals surface area contributed by atoms with Crippen LogP contribution in [0, 0.1) is 0 Å². The quantitative estimate of drug-likeness (QED) is 0.776. The van der Waals surface area contributed by atoms with Gasteiger partial charge >= 0.3 is 0 Å². The fourth-order valence-electron chi connectivity index (χ4n) is 2.72. The summed E-state index contributed by atoms with van der Waals surface area (Å²) in [6.45, 7) is 6.43. The fraction of sp³-hybridized carbons (Fsp3) is 0.533. The zero-order valence-corrected chi connectivity index (χ0v) is 14.2. The van der Waals surface area contributed by atoms with Crippen molar-refractivity contribution < 1.29 is 4.52 Å². The Balaban J connectivity index is 1.74. The molecule has 1 saturated heterocycles. The molecule has 0 amide bonds. The first-order chi connectivity index (χ1) is 9.63. The molecule has 1 atom stereocenters. The highest BCUT2D eigenvalue weighted by molar-refractivity contribution is 9.11. The van der Waals surface area contributed by atoms with E-state index in [0.717, 1.165) is 24.5 Å². The highest BCUT2D eigenvalue weighted by atomic mass is 79.9. The Hall–Kier alpha value is -0.650. The molecule has 0 aliphatic carbocycles. The molecule has 0 aromatic carbocycles. The minimum absolute atomic E-state index is 0.402. The van der Waals surface area contributed by atoms with E-state index in [-0.39, 0.29) is 0 Å². The molecule has 0 radical (unpaired) electrons. The number of rotatable bonds is 4. The smallest absolute Gasteiger partial charge is 0.139 e. The second-order valence-corrected chi connectivity index (χ2v) is 8.19. The number of hydrogen-bond acceptors (Lipinski definition) is 4. The van der Waals surface area contributed by atoms with Crippen molar-refractivity contribution in [3.05, 3.63) is 38.3 Å². The summed E-state index contributed by atoms with van der Waals surface area (Å²) in [7, 11) is 0. The number of nitrogens with zero attached hydrogens (tertiary/aromatic N) is 2. The average molecular weight is 355 g/mol. The van der Waals surface area contributed by atoms with Crippen molar-refractivity contribution >= 4 is 27.3 Å². The molecule has 2 aromatic rings. The number of thiophene rings is 1. The summed E-state index contributed by atoms with van der Waals surface area (Å²) in [5.41, 5.74) is 1.10. The first-order valence-corrected chi connectivity index (χ1v) is 8.69. The van der Waals surface area contributed by atoms with Crippen molar-refractivity contribution in [3.8, 4) is 0 Å². The third kappa shape index (κ3) is 3.00. The molecule has 2 aromatic heterocycles. The zero-order chi connectivity index (χ0) is 14.1. The topological polar surface area (TPSA) is 29.3 Å². The summed E-state index contributed by atoms with van der Waals surface area (Å²) >= 11 is 5.35. The van der Waals surface area contributed by atoms with E-state index in [9.17, 15) is 0 Å². The lowest BCUT2D eigenvalue weighted by atomic mass is 10.1. The first kappa shape index (κ1) is 14.3. The molecule has 5 heteroatoms. The lowest BCUT2D eigenvalue weighted by Crippen LogP contribution is -2.22. The van der Waals surface area contributed by atoms with Crippen LogP contribution in [0.15, 0.2) is 26.5 Å². The summed E-state index contributed by atoms with van der Waals surface area (Å²) < 4.78 is 6.66. The van der Waals surface area contributed by atoms with E-state index in [4.69, 9.17) is 4.52 Å². The van der Waals surface area contributed by atoms with Gasteiger partial charge in [-0.1, -0.05) is 19.0 Å². The minimum Gasteiger partial charge on any atom is -0.361 e. The van der Waals surface area contributed by atoms with Gasteiger partial charge in [0.05, 0.1) is 9.83 Å². The van der Waals surface area contributed by atoms with Crippen LogP contribution in [0.3, 0.4) is 0 Å². The Morgan fingerprint density at radius 3 is 3.00 bits per heavy atom. The predicted octanol–water partition coefficient (Wildman–Crippen LogP) is 4.96. The van der Waals surface area contributed by atoms with Crippen LogP contribution in [-0.2, 0) is 6.54 Å². The summed E-state index contributed by atoms with van der Waals surface area (Å²) in [6, 6.07) is 6.87. The number of hydrogen-bond donors (Lipinski definition) is 0. The predicted molar refractivity (Wildman–Crippen MR) is 85.0 cm³/mol. The largest absolute Gasteiger partial charge is 0.361 e. The van der Waals surface area contributed by atoms with E-state index in [1.54, 1.807) is 0 Å². The van der Waals surface area contributed by atoms with E-state index in [2.05, 4.69) is 58.0 Å². The van der Waals surface area contributed by atoms with Crippen LogP contribution in [-0.4, -0.2) is 16.6 Å². The van der Waals surface area contributed by atoms with Crippen LogP contribution in [0.25, 0.3) is 0 Å². The molecular weight excluding hydrogens is 336 g/mol. The Kier molecular flexibility index (Phi) is 4.29. The third-order valence-corrected chi connectivity index (χ3v) is 5.42. The molecule has 1 unspecified atom stereocenters. The van der Waals surface area contributed by atoms with Gasteiger partial charge in [0, 0.05) is 23.4 Å². The summed E-state index contributed by atoms with van der Waals surface area (Å²) in [5, 5.41) is 4.29. The lowest BCUT2D eigenvalue weighted by molar-refractivity contribution is 0.238. The van der Waals surface area contributed by atoms with E-state index in [1.165, 1.54) is 21.5 Å². The second-order valence-electron chi connectivity index (χ2n) is 5.64. The van der Waals surface area contributed by atoms with Gasteiger partial charge in [-0.2, -0.15) is 0 Å². The highest BCUT2D eigenvalue weighted by Gasteiger charge is 2.29. The average Bonchev–Trinajstić information content (AvgIpc) is 3.10. The maximum atomic E-state index is 5.46. The monoisotopic (exact) mass is 354 g/mol. The molecule has 20 heavy (non-hydrogen) atoms. The van der Waals surface area contributed by atoms with Gasteiger partial charge < -0.3 is 4.52 Å². The van der Waals surface area contributed by atoms with Gasteiger partial charge in [-0.25, -0.2) is 0 Å². The van der Waals surface area contributed by atoms with Crippen LogP contribution in [0.1, 0.15) is 55.0 Å². The summed E-state index contributed by atoms with van der Waals surface area (Å²) in [6.07, 6.45) is 2.41. The Bertz CT molecular complexity index is 578. The molecule has 3 nitrogen and oxygen atoms in total. The van der Waals surface area contributed by atoms with Gasteiger partial charge in [-0.05, 0) is 47.4 Å². The standard InChI is InChI=1S/C15H19BrN2OS/c1-10(2)14-8-12(17-19-14)13-4-3-7-18(13)9-11-5-6-15(16)20-11/h5-6,8,10,13H,3-4,7,9H2,1-2H3. The van der Waals surface area contributed by atoms with Crippen molar-refractivity contribution in [2.75, 3.05) is 6.54 Å². The molecular formula is C15H19BrN2OS. The van der Waals surface area contributed by atoms with Crippen LogP contribution >= 0.6 is 27.3 Å². The third-order valence-electron chi connectivity index (χ3n) is 3.81. The van der Waals surface area contributed by atoms with Gasteiger partial charge in [-0.3, -0.25) is 4.90 Å². The van der Waals surface area contributed by atoms with Crippen molar-refractivity contribution in [1.82, 2.24) is 10.1 Å². The Morgan fingerprint density at radius 2 is 2.35 bits per heavy atom. The van der Waals surface area contributed by atoms with E-state index >= 15 is 0 Å². The maximum absolute atomic E-state index is 5.46. The zero-order valence-electron chi connectivity index (χ0n) is 11.8. The van der Waals surface area contributed by atoms with Crippen LogP contribution in [0.5, 0.6) is 0 Å². The molecule has 0 bridgehead atoms. The van der Waals surface area contributed by atoms with Crippen LogP contribution in [0.2, 0.25) is 0 Å². The van der Waals surface area contributed by atoms with Crippen LogP contribution < -0.4 is 0 Å². The van der Waals surface area contributed by atoms with E-state index in [0.29, 0.717) is 12.0 Å². The first-order valence-electron chi connectivity index (χ1n) is 7.08. The molecule has 3 rings (SSSR count). The van der Waals surface area contributed by atoms with Crippen molar-refractivity contribution in [2.24, 2.45) is 0 Å². The molecule has 1 aliphatic heterocycles. The van der Waals surface area contributed by atoms with Crippen molar-refractivity contribution in [1.29, 1.82) is 0 Å². The highest BCUT2D eigenvalue weighted by Crippen LogP contribution is 2.35. The van der Waals surface area contributed by atoms with Gasteiger partial charge in [0.25, 0.3) is 0 Å². The van der Waals surface area contributed by atoms with Crippen LogP contribution in [0.4, 0.5) is 0 Å². The molecule has 108 valence electrons. The second kappa shape index (κ2) is 6.00. The van der Waals surface area contributed by atoms with E-state index in [1.807, 2.05) is 11.3 Å². The minimum atomic E-state index is 0.402. The number of halogens is 1. The van der Waals surface area contributed by atoms with Gasteiger partial charge in [0.2, 0.25) is 0 Å². The molecule has 0 saturated carbocycles. The maximum Gasteiger partial charge on any atom is 0.139 e. The fourth-order valence-corrected chi connectivity index (χ4v) is 4.23. The lowest BCUT2D eigenvalue weighted by Gasteiger charge is -2.21. The Labute approximate surface area is 132 Å².